The molecule has 2 heterocycles. The second kappa shape index (κ2) is 7.56. The predicted molar refractivity (Wildman–Crippen MR) is 108 cm³/mol. The molecule has 0 saturated heterocycles. The highest BCUT2D eigenvalue weighted by Gasteiger charge is 2.13. The number of methoxy groups -OCH3 is 1. The lowest BCUT2D eigenvalue weighted by atomic mass is 10.1. The Hall–Kier alpha value is -3.61. The van der Waals surface area contributed by atoms with Gasteiger partial charge in [-0.1, -0.05) is 36.4 Å². The molecule has 0 radical (unpaired) electrons. The molecule has 7 nitrogen and oxygen atoms in total. The number of rotatable bonds is 5. The maximum Gasteiger partial charge on any atom is 0.316 e. The molecule has 0 spiro atoms. The number of hydrogen-bond donors (Lipinski definition) is 2. The zero-order valence-corrected chi connectivity index (χ0v) is 15.4. The minimum atomic E-state index is -0.432. The second-order valence-corrected chi connectivity index (χ2v) is 6.55. The zero-order valence-electron chi connectivity index (χ0n) is 15.4. The number of aromatic nitrogens is 3. The van der Waals surface area contributed by atoms with E-state index in [2.05, 4.69) is 15.3 Å². The van der Waals surface area contributed by atoms with Crippen LogP contribution in [0.15, 0.2) is 58.3 Å². The van der Waals surface area contributed by atoms with Crippen LogP contribution in [0.2, 0.25) is 0 Å². The van der Waals surface area contributed by atoms with Crippen LogP contribution < -0.4 is 31.7 Å². The van der Waals surface area contributed by atoms with Gasteiger partial charge in [-0.25, -0.2) is 0 Å². The fourth-order valence-corrected chi connectivity index (χ4v) is 3.29. The minimum Gasteiger partial charge on any atom is -0.490 e. The summed E-state index contributed by atoms with van der Waals surface area (Å²) in [5.41, 5.74) is 1.41. The lowest BCUT2D eigenvalue weighted by Crippen LogP contribution is -2.38. The highest BCUT2D eigenvalue weighted by Crippen LogP contribution is 2.16. The highest BCUT2D eigenvalue weighted by atomic mass is 16.5. The standard InChI is InChI=1S/C21H20N4O3/c1-28-18-13-25(12-14-6-3-2-4-7-14)21(24-20(18)27)23-17-9-5-8-16-15(17)10-11-19(26)22-16/h2-4,6-8,10-11,13H,5,9,12H2,1H3,(H,22,26)(H,23,24,27). The molecule has 142 valence electrons. The van der Waals surface area contributed by atoms with E-state index in [1.807, 2.05) is 41.0 Å². The molecule has 1 aliphatic rings. The molecule has 1 aliphatic carbocycles. The monoisotopic (exact) mass is 376 g/mol. The Kier molecular flexibility index (Phi) is 4.80. The maximum atomic E-state index is 12.3. The van der Waals surface area contributed by atoms with Gasteiger partial charge < -0.3 is 19.6 Å². The Bertz CT molecular complexity index is 1240. The van der Waals surface area contributed by atoms with Gasteiger partial charge in [-0.2, -0.15) is 4.98 Å². The molecule has 0 amide bonds. The molecular formula is C21H20N4O3. The summed E-state index contributed by atoms with van der Waals surface area (Å²) in [4.78, 5) is 30.9. The topological polar surface area (TPSA) is 89.0 Å². The number of fused-ring (bicyclic) bond motifs is 1. The van der Waals surface area contributed by atoms with Crippen LogP contribution in [0.3, 0.4) is 0 Å². The summed E-state index contributed by atoms with van der Waals surface area (Å²) in [6, 6.07) is 13.2. The van der Waals surface area contributed by atoms with Crippen molar-refractivity contribution in [3.05, 3.63) is 85.5 Å². The van der Waals surface area contributed by atoms with Crippen molar-refractivity contribution in [2.24, 2.45) is 0 Å². The van der Waals surface area contributed by atoms with Crippen molar-refractivity contribution in [2.45, 2.75) is 19.4 Å². The van der Waals surface area contributed by atoms with Gasteiger partial charge >= 0.3 is 5.56 Å². The van der Waals surface area contributed by atoms with Gasteiger partial charge in [0.1, 0.15) is 0 Å². The van der Waals surface area contributed by atoms with Crippen molar-refractivity contribution < 1.29 is 4.74 Å². The van der Waals surface area contributed by atoms with Crippen molar-refractivity contribution in [1.82, 2.24) is 14.5 Å². The van der Waals surface area contributed by atoms with Gasteiger partial charge in [0.2, 0.25) is 17.3 Å². The van der Waals surface area contributed by atoms with Gasteiger partial charge in [-0.15, -0.1) is 0 Å². The molecule has 2 aromatic heterocycles. The van der Waals surface area contributed by atoms with Crippen LogP contribution >= 0.6 is 0 Å². The Morgan fingerprint density at radius 1 is 1.18 bits per heavy atom. The third kappa shape index (κ3) is 3.59. The van der Waals surface area contributed by atoms with E-state index in [1.54, 1.807) is 12.3 Å². The summed E-state index contributed by atoms with van der Waals surface area (Å²) in [5, 5.41) is 5.00. The van der Waals surface area contributed by atoms with Crippen LogP contribution in [-0.2, 0) is 6.54 Å². The fraction of sp³-hybridized carbons (Fsp3) is 0.190. The Morgan fingerprint density at radius 2 is 2.00 bits per heavy atom. The Balaban J connectivity index is 1.81. The molecule has 0 atom stereocenters. The first kappa shape index (κ1) is 17.8. The Morgan fingerprint density at radius 3 is 2.79 bits per heavy atom. The van der Waals surface area contributed by atoms with E-state index in [4.69, 9.17) is 4.74 Å². The van der Waals surface area contributed by atoms with Crippen molar-refractivity contribution in [1.29, 1.82) is 0 Å². The fourth-order valence-electron chi connectivity index (χ4n) is 3.29. The number of nitrogens with zero attached hydrogens (tertiary/aromatic N) is 2. The SMILES string of the molecule is COc1cn(Cc2ccccc2)c(NC2=c3ccc(=O)[nH]c3=CCC2)nc1=O. The van der Waals surface area contributed by atoms with Crippen molar-refractivity contribution in [3.63, 3.8) is 0 Å². The molecule has 0 fully saturated rings. The normalized spacial score (nSPS) is 12.8. The predicted octanol–water partition coefficient (Wildman–Crippen LogP) is 0.783. The number of nitrogens with one attached hydrogen (secondary N) is 2. The smallest absolute Gasteiger partial charge is 0.316 e. The lowest BCUT2D eigenvalue weighted by Gasteiger charge is -2.18. The zero-order chi connectivity index (χ0) is 19.5. The van der Waals surface area contributed by atoms with Crippen LogP contribution in [0.4, 0.5) is 5.95 Å². The molecule has 0 unspecified atom stereocenters. The number of pyridine rings is 1. The molecule has 0 saturated carbocycles. The molecule has 2 N–H and O–H groups in total. The molecule has 0 aliphatic heterocycles. The van der Waals surface area contributed by atoms with Gasteiger partial charge in [0.25, 0.3) is 0 Å². The first-order valence-electron chi connectivity index (χ1n) is 9.03. The molecule has 0 bridgehead atoms. The van der Waals surface area contributed by atoms with Gasteiger partial charge in [0, 0.05) is 22.3 Å². The number of anilines is 1. The van der Waals surface area contributed by atoms with E-state index in [9.17, 15) is 9.59 Å². The summed E-state index contributed by atoms with van der Waals surface area (Å²) < 4.78 is 7.02. The van der Waals surface area contributed by atoms with E-state index in [0.29, 0.717) is 12.5 Å². The third-order valence-corrected chi connectivity index (χ3v) is 4.66. The average molecular weight is 376 g/mol. The molecule has 7 heteroatoms. The molecule has 4 rings (SSSR count). The first-order chi connectivity index (χ1) is 13.6. The Labute approximate surface area is 160 Å². The second-order valence-electron chi connectivity index (χ2n) is 6.55. The molecular weight excluding hydrogens is 356 g/mol. The summed E-state index contributed by atoms with van der Waals surface area (Å²) in [7, 11) is 1.46. The quantitative estimate of drug-likeness (QED) is 0.687. The first-order valence-corrected chi connectivity index (χ1v) is 9.03. The number of H-pyrrole nitrogens is 1. The van der Waals surface area contributed by atoms with E-state index in [1.165, 1.54) is 13.2 Å². The van der Waals surface area contributed by atoms with Crippen LogP contribution in [0, 0.1) is 0 Å². The van der Waals surface area contributed by atoms with Gasteiger partial charge in [-0.3, -0.25) is 9.59 Å². The van der Waals surface area contributed by atoms with Crippen molar-refractivity contribution in [3.8, 4) is 5.75 Å². The van der Waals surface area contributed by atoms with E-state index < -0.39 is 5.56 Å². The highest BCUT2D eigenvalue weighted by molar-refractivity contribution is 5.62. The summed E-state index contributed by atoms with van der Waals surface area (Å²) >= 11 is 0. The molecule has 28 heavy (non-hydrogen) atoms. The molecule has 1 aromatic carbocycles. The third-order valence-electron chi connectivity index (χ3n) is 4.66. The summed E-state index contributed by atoms with van der Waals surface area (Å²) in [6.45, 7) is 0.532. The van der Waals surface area contributed by atoms with Gasteiger partial charge in [0.15, 0.2) is 0 Å². The largest absolute Gasteiger partial charge is 0.490 e. The van der Waals surface area contributed by atoms with Crippen molar-refractivity contribution >= 4 is 17.7 Å². The minimum absolute atomic E-state index is 0.139. The number of hydrogen-bond acceptors (Lipinski definition) is 5. The van der Waals surface area contributed by atoms with Crippen LogP contribution in [0.1, 0.15) is 18.4 Å². The number of ether oxygens (including phenoxy) is 1. The van der Waals surface area contributed by atoms with E-state index in [-0.39, 0.29) is 11.3 Å². The summed E-state index contributed by atoms with van der Waals surface area (Å²) in [5.74, 6) is 0.622. The van der Waals surface area contributed by atoms with Crippen molar-refractivity contribution in [2.75, 3.05) is 12.4 Å². The van der Waals surface area contributed by atoms with Gasteiger partial charge in [-0.05, 0) is 24.5 Å². The van der Waals surface area contributed by atoms with Crippen LogP contribution in [-0.4, -0.2) is 21.6 Å². The van der Waals surface area contributed by atoms with Crippen LogP contribution in [0.25, 0.3) is 11.8 Å². The van der Waals surface area contributed by atoms with Gasteiger partial charge in [0.05, 0.1) is 19.9 Å². The van der Waals surface area contributed by atoms with E-state index >= 15 is 0 Å². The average Bonchev–Trinajstić information content (AvgIpc) is 2.70. The number of aromatic amines is 1. The number of benzene rings is 1. The summed E-state index contributed by atoms with van der Waals surface area (Å²) in [6.07, 6.45) is 5.20. The van der Waals surface area contributed by atoms with E-state index in [0.717, 1.165) is 34.7 Å². The lowest BCUT2D eigenvalue weighted by molar-refractivity contribution is 0.402. The maximum absolute atomic E-state index is 12.3. The van der Waals surface area contributed by atoms with Crippen LogP contribution in [0.5, 0.6) is 5.75 Å². The molecule has 3 aromatic rings.